The van der Waals surface area contributed by atoms with Gasteiger partial charge in [0.15, 0.2) is 0 Å². The van der Waals surface area contributed by atoms with Crippen LogP contribution in [0.15, 0.2) is 30.3 Å². The number of nitrogens with zero attached hydrogens (tertiary/aromatic N) is 3. The van der Waals surface area contributed by atoms with Crippen molar-refractivity contribution in [2.24, 2.45) is 0 Å². The number of aliphatic carboxylic acids is 1. The molecule has 1 amide bonds. The summed E-state index contributed by atoms with van der Waals surface area (Å²) in [6.45, 7) is 3.68. The monoisotopic (exact) mass is 368 g/mol. The van der Waals surface area contributed by atoms with E-state index in [0.717, 1.165) is 42.0 Å². The normalized spacial score (nSPS) is 19.1. The first kappa shape index (κ1) is 17.7. The van der Waals surface area contributed by atoms with Crippen LogP contribution in [0.1, 0.15) is 46.1 Å². The molecule has 7 heteroatoms. The summed E-state index contributed by atoms with van der Waals surface area (Å²) in [6.07, 6.45) is 1.55. The molecule has 2 aromatic rings. The van der Waals surface area contributed by atoms with E-state index in [1.54, 1.807) is 0 Å². The molecule has 1 saturated heterocycles. The Morgan fingerprint density at radius 3 is 2.89 bits per heavy atom. The van der Waals surface area contributed by atoms with Crippen LogP contribution in [0.5, 0.6) is 0 Å². The van der Waals surface area contributed by atoms with Crippen LogP contribution in [0.2, 0.25) is 0 Å². The number of aryl methyl sites for hydroxylation is 1. The van der Waals surface area contributed by atoms with Gasteiger partial charge in [-0.2, -0.15) is 5.10 Å². The van der Waals surface area contributed by atoms with Gasteiger partial charge in [0, 0.05) is 25.1 Å². The van der Waals surface area contributed by atoms with E-state index in [4.69, 9.17) is 5.11 Å². The van der Waals surface area contributed by atoms with Crippen molar-refractivity contribution >= 4 is 11.9 Å². The summed E-state index contributed by atoms with van der Waals surface area (Å²) in [5.41, 5.74) is 3.67. The highest BCUT2D eigenvalue weighted by molar-refractivity contribution is 5.96. The SMILES string of the molecule is O=C(O)CCc1cc2n(n1)CCN(C(=O)c1ccccc1C1CCNC1)C2. The first-order chi connectivity index (χ1) is 13.1. The van der Waals surface area contributed by atoms with Crippen molar-refractivity contribution in [1.82, 2.24) is 20.0 Å². The molecule has 1 aromatic heterocycles. The van der Waals surface area contributed by atoms with Crippen molar-refractivity contribution in [3.63, 3.8) is 0 Å². The summed E-state index contributed by atoms with van der Waals surface area (Å²) in [7, 11) is 0. The summed E-state index contributed by atoms with van der Waals surface area (Å²) >= 11 is 0. The van der Waals surface area contributed by atoms with E-state index in [2.05, 4.69) is 16.5 Å². The van der Waals surface area contributed by atoms with E-state index in [0.29, 0.717) is 32.0 Å². The van der Waals surface area contributed by atoms with Crippen LogP contribution in [-0.2, 0) is 24.3 Å². The zero-order valence-corrected chi connectivity index (χ0v) is 15.2. The molecule has 27 heavy (non-hydrogen) atoms. The number of nitrogens with one attached hydrogen (secondary N) is 1. The molecule has 4 rings (SSSR count). The molecule has 0 radical (unpaired) electrons. The standard InChI is InChI=1S/C20H24N4O3/c25-19(26)6-5-15-11-16-13-23(9-10-24(16)22-15)20(27)18-4-2-1-3-17(18)14-7-8-21-12-14/h1-4,11,14,21H,5-10,12-13H2,(H,25,26). The molecule has 3 heterocycles. The van der Waals surface area contributed by atoms with E-state index in [-0.39, 0.29) is 12.3 Å². The van der Waals surface area contributed by atoms with E-state index in [9.17, 15) is 9.59 Å². The van der Waals surface area contributed by atoms with Crippen molar-refractivity contribution in [2.75, 3.05) is 19.6 Å². The average molecular weight is 368 g/mol. The number of hydrogen-bond donors (Lipinski definition) is 2. The lowest BCUT2D eigenvalue weighted by atomic mass is 9.93. The van der Waals surface area contributed by atoms with Gasteiger partial charge in [-0.05, 0) is 36.6 Å². The lowest BCUT2D eigenvalue weighted by molar-refractivity contribution is -0.136. The summed E-state index contributed by atoms with van der Waals surface area (Å²) in [6, 6.07) is 9.86. The van der Waals surface area contributed by atoms with Crippen molar-refractivity contribution in [3.05, 3.63) is 52.8 Å². The van der Waals surface area contributed by atoms with Crippen LogP contribution in [0, 0.1) is 0 Å². The fraction of sp³-hybridized carbons (Fsp3) is 0.450. The topological polar surface area (TPSA) is 87.5 Å². The number of carbonyl (C=O) groups is 2. The number of hydrogen-bond acceptors (Lipinski definition) is 4. The molecule has 7 nitrogen and oxygen atoms in total. The summed E-state index contributed by atoms with van der Waals surface area (Å²) in [4.78, 5) is 25.8. The van der Waals surface area contributed by atoms with Gasteiger partial charge in [-0.3, -0.25) is 14.3 Å². The Balaban J connectivity index is 1.51. The van der Waals surface area contributed by atoms with Gasteiger partial charge >= 0.3 is 5.97 Å². The van der Waals surface area contributed by atoms with Gasteiger partial charge in [-0.15, -0.1) is 0 Å². The maximum Gasteiger partial charge on any atom is 0.303 e. The van der Waals surface area contributed by atoms with Crippen LogP contribution in [-0.4, -0.2) is 51.3 Å². The first-order valence-electron chi connectivity index (χ1n) is 9.48. The van der Waals surface area contributed by atoms with Crippen LogP contribution in [0.3, 0.4) is 0 Å². The highest BCUT2D eigenvalue weighted by atomic mass is 16.4. The molecule has 1 fully saturated rings. The molecule has 142 valence electrons. The Morgan fingerprint density at radius 2 is 2.11 bits per heavy atom. The minimum absolute atomic E-state index is 0.0667. The Morgan fingerprint density at radius 1 is 1.26 bits per heavy atom. The fourth-order valence-corrected chi connectivity index (χ4v) is 3.99. The van der Waals surface area contributed by atoms with Gasteiger partial charge in [-0.1, -0.05) is 18.2 Å². The summed E-state index contributed by atoms with van der Waals surface area (Å²) in [5.74, 6) is -0.365. The molecule has 0 aliphatic carbocycles. The van der Waals surface area contributed by atoms with E-state index in [1.807, 2.05) is 33.8 Å². The summed E-state index contributed by atoms with van der Waals surface area (Å²) < 4.78 is 1.90. The van der Waals surface area contributed by atoms with Gasteiger partial charge in [0.1, 0.15) is 0 Å². The molecule has 0 spiro atoms. The zero-order chi connectivity index (χ0) is 18.8. The third kappa shape index (κ3) is 3.73. The van der Waals surface area contributed by atoms with Crippen LogP contribution >= 0.6 is 0 Å². The second kappa shape index (κ2) is 7.52. The Bertz CT molecular complexity index is 855. The van der Waals surface area contributed by atoms with Crippen molar-refractivity contribution < 1.29 is 14.7 Å². The minimum Gasteiger partial charge on any atom is -0.481 e. The second-order valence-electron chi connectivity index (χ2n) is 7.25. The van der Waals surface area contributed by atoms with Crippen molar-refractivity contribution in [1.29, 1.82) is 0 Å². The molecular weight excluding hydrogens is 344 g/mol. The van der Waals surface area contributed by atoms with Crippen LogP contribution < -0.4 is 5.32 Å². The largest absolute Gasteiger partial charge is 0.481 e. The Labute approximate surface area is 158 Å². The molecule has 0 bridgehead atoms. The Hall–Kier alpha value is -2.67. The third-order valence-corrected chi connectivity index (χ3v) is 5.42. The Kier molecular flexibility index (Phi) is 4.94. The third-order valence-electron chi connectivity index (χ3n) is 5.42. The smallest absolute Gasteiger partial charge is 0.303 e. The molecule has 2 aliphatic heterocycles. The van der Waals surface area contributed by atoms with Crippen molar-refractivity contribution in [3.8, 4) is 0 Å². The summed E-state index contributed by atoms with van der Waals surface area (Å²) in [5, 5.41) is 16.7. The zero-order valence-electron chi connectivity index (χ0n) is 15.2. The number of rotatable bonds is 5. The molecule has 1 aromatic carbocycles. The van der Waals surface area contributed by atoms with Crippen LogP contribution in [0.4, 0.5) is 0 Å². The van der Waals surface area contributed by atoms with Gasteiger partial charge in [0.2, 0.25) is 0 Å². The molecule has 1 atom stereocenters. The number of carboxylic acids is 1. The number of benzene rings is 1. The predicted molar refractivity (Wildman–Crippen MR) is 99.6 cm³/mol. The number of aromatic nitrogens is 2. The molecular formula is C20H24N4O3. The number of amides is 1. The lowest BCUT2D eigenvalue weighted by Crippen LogP contribution is -2.38. The molecule has 2 aliphatic rings. The highest BCUT2D eigenvalue weighted by Crippen LogP contribution is 2.27. The molecule has 2 N–H and O–H groups in total. The van der Waals surface area contributed by atoms with Gasteiger partial charge in [-0.25, -0.2) is 0 Å². The van der Waals surface area contributed by atoms with E-state index in [1.165, 1.54) is 0 Å². The van der Waals surface area contributed by atoms with Gasteiger partial charge in [0.25, 0.3) is 5.91 Å². The number of carboxylic acid groups (broad SMARTS) is 1. The van der Waals surface area contributed by atoms with Crippen molar-refractivity contribution in [2.45, 2.75) is 38.3 Å². The number of carbonyl (C=O) groups excluding carboxylic acids is 1. The average Bonchev–Trinajstić information content (AvgIpc) is 3.34. The highest BCUT2D eigenvalue weighted by Gasteiger charge is 2.27. The van der Waals surface area contributed by atoms with E-state index < -0.39 is 5.97 Å². The maximum atomic E-state index is 13.2. The fourth-order valence-electron chi connectivity index (χ4n) is 3.99. The number of fused-ring (bicyclic) bond motifs is 1. The maximum absolute atomic E-state index is 13.2. The molecule has 1 unspecified atom stereocenters. The van der Waals surface area contributed by atoms with Gasteiger partial charge in [0.05, 0.1) is 30.9 Å². The molecule has 0 saturated carbocycles. The quantitative estimate of drug-likeness (QED) is 0.838. The second-order valence-corrected chi connectivity index (χ2v) is 7.25. The van der Waals surface area contributed by atoms with Gasteiger partial charge < -0.3 is 15.3 Å². The first-order valence-corrected chi connectivity index (χ1v) is 9.48. The van der Waals surface area contributed by atoms with E-state index >= 15 is 0 Å². The predicted octanol–water partition coefficient (Wildman–Crippen LogP) is 1.63. The lowest BCUT2D eigenvalue weighted by Gasteiger charge is -2.29. The van der Waals surface area contributed by atoms with Crippen LogP contribution in [0.25, 0.3) is 0 Å². The minimum atomic E-state index is -0.823.